The van der Waals surface area contributed by atoms with E-state index in [2.05, 4.69) is 15.4 Å². The lowest BCUT2D eigenvalue weighted by molar-refractivity contribution is 0.0879. The Labute approximate surface area is 117 Å². The molecule has 2 saturated carbocycles. The Morgan fingerprint density at radius 2 is 2.15 bits per heavy atom. The molecule has 2 heterocycles. The number of rotatable bonds is 4. The van der Waals surface area contributed by atoms with Gasteiger partial charge in [-0.1, -0.05) is 5.16 Å². The minimum absolute atomic E-state index is 0.204. The number of hydrogen-bond donors (Lipinski definition) is 2. The van der Waals surface area contributed by atoms with Crippen molar-refractivity contribution in [1.29, 1.82) is 0 Å². The summed E-state index contributed by atoms with van der Waals surface area (Å²) in [5.41, 5.74) is 0.323. The van der Waals surface area contributed by atoms with Crippen LogP contribution in [0, 0.1) is 0 Å². The Morgan fingerprint density at radius 3 is 2.85 bits per heavy atom. The van der Waals surface area contributed by atoms with Crippen LogP contribution in [0.5, 0.6) is 0 Å². The standard InChI is InChI=1S/C14H19N3O3/c18-12-7-17(9-3-4-9)6-11(12)15-14(19)10-5-13(20-16-10)8-1-2-8/h5,8-9,11-12,18H,1-4,6-7H2,(H,15,19). The number of β-amino-alcohol motifs (C(OH)–C–C–N with tert-alkyl or cyclic N) is 1. The number of aliphatic hydroxyl groups excluding tert-OH is 1. The van der Waals surface area contributed by atoms with Gasteiger partial charge in [0.05, 0.1) is 12.1 Å². The molecule has 1 saturated heterocycles. The van der Waals surface area contributed by atoms with Crippen LogP contribution in [-0.2, 0) is 0 Å². The molecule has 1 aliphatic heterocycles. The van der Waals surface area contributed by atoms with Crippen molar-refractivity contribution >= 4 is 5.91 Å². The summed E-state index contributed by atoms with van der Waals surface area (Å²) in [5, 5.41) is 16.7. The third kappa shape index (κ3) is 2.33. The first-order valence-electron chi connectivity index (χ1n) is 7.40. The first-order valence-corrected chi connectivity index (χ1v) is 7.40. The largest absolute Gasteiger partial charge is 0.390 e. The van der Waals surface area contributed by atoms with Crippen LogP contribution in [0.3, 0.4) is 0 Å². The number of amides is 1. The quantitative estimate of drug-likeness (QED) is 0.837. The molecule has 0 bridgehead atoms. The summed E-state index contributed by atoms with van der Waals surface area (Å²) in [6.07, 6.45) is 4.17. The molecule has 3 fully saturated rings. The molecule has 0 spiro atoms. The van der Waals surface area contributed by atoms with Gasteiger partial charge in [-0.25, -0.2) is 0 Å². The molecule has 1 amide bonds. The highest BCUT2D eigenvalue weighted by Crippen LogP contribution is 2.40. The van der Waals surface area contributed by atoms with Gasteiger partial charge in [0.25, 0.3) is 5.91 Å². The zero-order chi connectivity index (χ0) is 13.7. The van der Waals surface area contributed by atoms with E-state index in [1.807, 2.05) is 0 Å². The van der Waals surface area contributed by atoms with E-state index in [-0.39, 0.29) is 11.9 Å². The van der Waals surface area contributed by atoms with Crippen LogP contribution in [0.15, 0.2) is 10.6 Å². The Kier molecular flexibility index (Phi) is 2.82. The monoisotopic (exact) mass is 277 g/mol. The first-order chi connectivity index (χ1) is 9.70. The Bertz CT molecular complexity index is 521. The maximum Gasteiger partial charge on any atom is 0.273 e. The van der Waals surface area contributed by atoms with E-state index in [1.54, 1.807) is 6.07 Å². The molecule has 2 unspecified atom stereocenters. The van der Waals surface area contributed by atoms with E-state index in [4.69, 9.17) is 4.52 Å². The fourth-order valence-corrected chi connectivity index (χ4v) is 2.89. The van der Waals surface area contributed by atoms with Gasteiger partial charge in [-0.3, -0.25) is 9.69 Å². The predicted octanol–water partition coefficient (Wildman–Crippen LogP) is 0.489. The average molecular weight is 277 g/mol. The van der Waals surface area contributed by atoms with Crippen molar-refractivity contribution in [2.24, 2.45) is 0 Å². The number of carbonyl (C=O) groups excluding carboxylic acids is 1. The molecular formula is C14H19N3O3. The lowest BCUT2D eigenvalue weighted by Gasteiger charge is -2.15. The minimum Gasteiger partial charge on any atom is -0.390 e. The fourth-order valence-electron chi connectivity index (χ4n) is 2.89. The summed E-state index contributed by atoms with van der Waals surface area (Å²) >= 11 is 0. The lowest BCUT2D eigenvalue weighted by Crippen LogP contribution is -2.43. The summed E-state index contributed by atoms with van der Waals surface area (Å²) in [6.45, 7) is 1.38. The van der Waals surface area contributed by atoms with E-state index in [0.29, 0.717) is 24.2 Å². The van der Waals surface area contributed by atoms with Crippen molar-refractivity contribution in [3.05, 3.63) is 17.5 Å². The Hall–Kier alpha value is -1.40. The van der Waals surface area contributed by atoms with E-state index >= 15 is 0 Å². The Morgan fingerprint density at radius 1 is 1.35 bits per heavy atom. The van der Waals surface area contributed by atoms with Crippen molar-refractivity contribution in [2.45, 2.75) is 49.8 Å². The van der Waals surface area contributed by atoms with Crippen molar-refractivity contribution in [3.63, 3.8) is 0 Å². The molecule has 20 heavy (non-hydrogen) atoms. The third-order valence-electron chi connectivity index (χ3n) is 4.44. The zero-order valence-electron chi connectivity index (χ0n) is 11.3. The molecule has 0 radical (unpaired) electrons. The summed E-state index contributed by atoms with van der Waals surface area (Å²) in [5.74, 6) is 1.01. The van der Waals surface area contributed by atoms with E-state index in [1.165, 1.54) is 12.8 Å². The second-order valence-corrected chi connectivity index (χ2v) is 6.22. The summed E-state index contributed by atoms with van der Waals surface area (Å²) in [6, 6.07) is 2.14. The highest BCUT2D eigenvalue weighted by atomic mass is 16.5. The maximum absolute atomic E-state index is 12.1. The smallest absolute Gasteiger partial charge is 0.273 e. The van der Waals surface area contributed by atoms with Gasteiger partial charge in [-0.05, 0) is 25.7 Å². The van der Waals surface area contributed by atoms with Gasteiger partial charge < -0.3 is 14.9 Å². The normalized spacial score (nSPS) is 30.6. The van der Waals surface area contributed by atoms with Crippen molar-refractivity contribution in [3.8, 4) is 0 Å². The highest BCUT2D eigenvalue weighted by molar-refractivity contribution is 5.92. The summed E-state index contributed by atoms with van der Waals surface area (Å²) in [4.78, 5) is 14.4. The van der Waals surface area contributed by atoms with Crippen LogP contribution in [-0.4, -0.2) is 52.3 Å². The second kappa shape index (κ2) is 4.56. The van der Waals surface area contributed by atoms with Crippen molar-refractivity contribution < 1.29 is 14.4 Å². The molecule has 3 aliphatic rings. The van der Waals surface area contributed by atoms with E-state index < -0.39 is 6.10 Å². The number of hydrogen-bond acceptors (Lipinski definition) is 5. The minimum atomic E-state index is -0.491. The molecule has 108 valence electrons. The zero-order valence-corrected chi connectivity index (χ0v) is 11.3. The van der Waals surface area contributed by atoms with Gasteiger partial charge in [0.1, 0.15) is 5.76 Å². The maximum atomic E-state index is 12.1. The molecule has 0 aromatic carbocycles. The van der Waals surface area contributed by atoms with Crippen molar-refractivity contribution in [2.75, 3.05) is 13.1 Å². The van der Waals surface area contributed by atoms with Gasteiger partial charge in [-0.2, -0.15) is 0 Å². The van der Waals surface area contributed by atoms with Crippen LogP contribution < -0.4 is 5.32 Å². The predicted molar refractivity (Wildman–Crippen MR) is 70.3 cm³/mol. The lowest BCUT2D eigenvalue weighted by atomic mass is 10.2. The average Bonchev–Trinajstić information content (AvgIpc) is 3.36. The van der Waals surface area contributed by atoms with Gasteiger partial charge in [-0.15, -0.1) is 0 Å². The van der Waals surface area contributed by atoms with Crippen LogP contribution in [0.2, 0.25) is 0 Å². The number of aromatic nitrogens is 1. The third-order valence-corrected chi connectivity index (χ3v) is 4.44. The number of nitrogens with zero attached hydrogens (tertiary/aromatic N) is 2. The molecule has 2 atom stereocenters. The van der Waals surface area contributed by atoms with Crippen LogP contribution in [0.25, 0.3) is 0 Å². The van der Waals surface area contributed by atoms with Gasteiger partial charge >= 0.3 is 0 Å². The summed E-state index contributed by atoms with van der Waals surface area (Å²) in [7, 11) is 0. The molecule has 2 aliphatic carbocycles. The van der Waals surface area contributed by atoms with E-state index in [0.717, 1.165) is 25.1 Å². The van der Waals surface area contributed by atoms with Crippen LogP contribution >= 0.6 is 0 Å². The molecule has 4 rings (SSSR count). The number of likely N-dealkylation sites (tertiary alicyclic amines) is 1. The molecule has 6 nitrogen and oxygen atoms in total. The first kappa shape index (κ1) is 12.3. The second-order valence-electron chi connectivity index (χ2n) is 6.22. The number of nitrogens with one attached hydrogen (secondary N) is 1. The van der Waals surface area contributed by atoms with Crippen molar-refractivity contribution in [1.82, 2.24) is 15.4 Å². The van der Waals surface area contributed by atoms with E-state index in [9.17, 15) is 9.90 Å². The molecule has 1 aromatic heterocycles. The van der Waals surface area contributed by atoms with Crippen LogP contribution in [0.4, 0.5) is 0 Å². The number of carbonyl (C=O) groups is 1. The molecule has 2 N–H and O–H groups in total. The van der Waals surface area contributed by atoms with Crippen LogP contribution in [0.1, 0.15) is 47.8 Å². The summed E-state index contributed by atoms with van der Waals surface area (Å²) < 4.78 is 5.19. The fraction of sp³-hybridized carbons (Fsp3) is 0.714. The topological polar surface area (TPSA) is 78.6 Å². The molecule has 6 heteroatoms. The molecule has 1 aromatic rings. The van der Waals surface area contributed by atoms with Gasteiger partial charge in [0.2, 0.25) is 0 Å². The van der Waals surface area contributed by atoms with Gasteiger partial charge in [0.15, 0.2) is 5.69 Å². The molecular weight excluding hydrogens is 258 g/mol. The van der Waals surface area contributed by atoms with Gasteiger partial charge in [0, 0.05) is 31.1 Å². The Balaban J connectivity index is 1.38. The highest BCUT2D eigenvalue weighted by Gasteiger charge is 2.40. The number of aliphatic hydroxyl groups is 1. The SMILES string of the molecule is O=C(NC1CN(C2CC2)CC1O)c1cc(C2CC2)on1.